The third-order valence-electron chi connectivity index (χ3n) is 6.95. The fraction of sp³-hybridized carbons (Fsp3) is 0.625. The van der Waals surface area contributed by atoms with E-state index in [-0.39, 0.29) is 5.91 Å². The molecule has 0 aliphatic heterocycles. The highest BCUT2D eigenvalue weighted by molar-refractivity contribution is 5.92. The second-order valence-corrected chi connectivity index (χ2v) is 10.4. The fourth-order valence-corrected chi connectivity index (χ4v) is 4.80. The Morgan fingerprint density at radius 3 is 1.97 bits per heavy atom. The largest absolute Gasteiger partial charge is 0.494 e. The molecular formula is C32H51N2O2+. The number of aryl methyl sites for hydroxylation is 2. The molecule has 0 spiro atoms. The lowest BCUT2D eigenvalue weighted by atomic mass is 10.0. The number of amides is 1. The van der Waals surface area contributed by atoms with Crippen molar-refractivity contribution < 1.29 is 14.1 Å². The second-order valence-electron chi connectivity index (χ2n) is 10.4. The van der Waals surface area contributed by atoms with E-state index in [0.29, 0.717) is 6.54 Å². The van der Waals surface area contributed by atoms with Gasteiger partial charge in [0, 0.05) is 24.2 Å². The molecule has 0 N–H and O–H groups in total. The summed E-state index contributed by atoms with van der Waals surface area (Å²) < 4.78 is 8.03. The maximum absolute atomic E-state index is 12.4. The van der Waals surface area contributed by atoms with Crippen molar-refractivity contribution in [2.45, 2.75) is 117 Å². The highest BCUT2D eigenvalue weighted by Crippen LogP contribution is 2.26. The Kier molecular flexibility index (Phi) is 14.9. The molecule has 1 heterocycles. The number of benzene rings is 1. The number of ether oxygens (including phenoxy) is 1. The summed E-state index contributed by atoms with van der Waals surface area (Å²) in [7, 11) is 2.00. The Morgan fingerprint density at radius 1 is 0.861 bits per heavy atom. The number of carbonyl (C=O) groups is 1. The third kappa shape index (κ3) is 12.1. The summed E-state index contributed by atoms with van der Waals surface area (Å²) in [5, 5.41) is 0. The van der Waals surface area contributed by atoms with E-state index in [4.69, 9.17) is 4.74 Å². The maximum Gasteiger partial charge on any atom is 0.224 e. The number of pyridine rings is 1. The lowest BCUT2D eigenvalue weighted by Gasteiger charge is -2.23. The zero-order chi connectivity index (χ0) is 26.0. The molecule has 0 unspecified atom stereocenters. The monoisotopic (exact) mass is 495 g/mol. The fourth-order valence-electron chi connectivity index (χ4n) is 4.80. The smallest absolute Gasteiger partial charge is 0.224 e. The molecule has 0 aliphatic carbocycles. The van der Waals surface area contributed by atoms with Gasteiger partial charge < -0.3 is 9.64 Å². The minimum absolute atomic E-state index is 0.0423. The second kappa shape index (κ2) is 18.0. The van der Waals surface area contributed by atoms with Crippen LogP contribution >= 0.6 is 0 Å². The maximum atomic E-state index is 12.4. The Bertz CT molecular complexity index is 880. The standard InChI is InChI=1S/C32H51N2O2/c1-5-6-7-8-9-10-11-12-13-14-15-16-17-18-24-36-31-21-22-32(28(2)25-31)34(29(3)35)27-30-20-19-23-33(4)26-30/h19-23,25-26H,5-18,24,27H2,1-4H3/q+1. The van der Waals surface area contributed by atoms with Gasteiger partial charge in [-0.2, -0.15) is 0 Å². The van der Waals surface area contributed by atoms with Crippen molar-refractivity contribution in [1.29, 1.82) is 0 Å². The summed E-state index contributed by atoms with van der Waals surface area (Å²) in [5.41, 5.74) is 3.11. The van der Waals surface area contributed by atoms with Crippen LogP contribution in [0.1, 0.15) is 115 Å². The Hall–Kier alpha value is -2.36. The topological polar surface area (TPSA) is 33.4 Å². The van der Waals surface area contributed by atoms with Gasteiger partial charge >= 0.3 is 0 Å². The summed E-state index contributed by atoms with van der Waals surface area (Å²) in [6.45, 7) is 7.28. The molecular weight excluding hydrogens is 444 g/mol. The molecule has 2 rings (SSSR count). The number of hydrogen-bond acceptors (Lipinski definition) is 2. The van der Waals surface area contributed by atoms with Gasteiger partial charge in [0.2, 0.25) is 5.91 Å². The zero-order valence-corrected chi connectivity index (χ0v) is 23.6. The van der Waals surface area contributed by atoms with Gasteiger partial charge in [-0.25, -0.2) is 4.57 Å². The van der Waals surface area contributed by atoms with Crippen LogP contribution in [0, 0.1) is 6.92 Å². The van der Waals surface area contributed by atoms with E-state index >= 15 is 0 Å². The number of anilines is 1. The summed E-state index contributed by atoms with van der Waals surface area (Å²) in [6.07, 6.45) is 23.1. The molecule has 1 amide bonds. The predicted octanol–water partition coefficient (Wildman–Crippen LogP) is 8.23. The molecule has 4 nitrogen and oxygen atoms in total. The molecule has 36 heavy (non-hydrogen) atoms. The Morgan fingerprint density at radius 2 is 1.44 bits per heavy atom. The van der Waals surface area contributed by atoms with E-state index < -0.39 is 0 Å². The molecule has 2 aromatic rings. The van der Waals surface area contributed by atoms with Crippen LogP contribution in [0.4, 0.5) is 5.69 Å². The average Bonchev–Trinajstić information content (AvgIpc) is 2.85. The van der Waals surface area contributed by atoms with Gasteiger partial charge in [-0.3, -0.25) is 4.79 Å². The molecule has 0 bridgehead atoms. The van der Waals surface area contributed by atoms with Gasteiger partial charge in [-0.1, -0.05) is 90.4 Å². The van der Waals surface area contributed by atoms with Crippen molar-refractivity contribution in [3.8, 4) is 5.75 Å². The van der Waals surface area contributed by atoms with E-state index in [9.17, 15) is 4.79 Å². The van der Waals surface area contributed by atoms with Crippen molar-refractivity contribution in [3.63, 3.8) is 0 Å². The van der Waals surface area contributed by atoms with Gasteiger partial charge in [-0.15, -0.1) is 0 Å². The Labute approximate surface area is 221 Å². The van der Waals surface area contributed by atoms with E-state index in [1.807, 2.05) is 40.9 Å². The SMILES string of the molecule is CCCCCCCCCCCCCCCCOc1ccc(N(Cc2ccc[n+](C)c2)C(C)=O)c(C)c1. The van der Waals surface area contributed by atoms with Gasteiger partial charge in [0.05, 0.1) is 13.2 Å². The molecule has 0 atom stereocenters. The summed E-state index contributed by atoms with van der Waals surface area (Å²) in [5.74, 6) is 0.932. The van der Waals surface area contributed by atoms with Crippen molar-refractivity contribution >= 4 is 11.6 Å². The first-order valence-electron chi connectivity index (χ1n) is 14.5. The summed E-state index contributed by atoms with van der Waals surface area (Å²) in [4.78, 5) is 14.2. The van der Waals surface area contributed by atoms with Crippen LogP contribution in [0.5, 0.6) is 5.75 Å². The van der Waals surface area contributed by atoms with Gasteiger partial charge in [0.15, 0.2) is 12.4 Å². The lowest BCUT2D eigenvalue weighted by molar-refractivity contribution is -0.671. The molecule has 1 aromatic carbocycles. The van der Waals surface area contributed by atoms with Crippen LogP contribution in [0.2, 0.25) is 0 Å². The van der Waals surface area contributed by atoms with E-state index in [1.54, 1.807) is 6.92 Å². The number of hydrogen-bond donors (Lipinski definition) is 0. The molecule has 4 heteroatoms. The van der Waals surface area contributed by atoms with Crippen LogP contribution in [0.15, 0.2) is 42.7 Å². The van der Waals surface area contributed by atoms with E-state index in [1.165, 1.54) is 83.5 Å². The molecule has 0 saturated carbocycles. The summed E-state index contributed by atoms with van der Waals surface area (Å²) in [6, 6.07) is 10.1. The first kappa shape index (κ1) is 29.9. The number of rotatable bonds is 19. The lowest BCUT2D eigenvalue weighted by Crippen LogP contribution is -2.32. The minimum atomic E-state index is 0.0423. The zero-order valence-electron chi connectivity index (χ0n) is 23.6. The highest BCUT2D eigenvalue weighted by atomic mass is 16.5. The van der Waals surface area contributed by atoms with Crippen molar-refractivity contribution in [2.75, 3.05) is 11.5 Å². The first-order valence-corrected chi connectivity index (χ1v) is 14.5. The third-order valence-corrected chi connectivity index (χ3v) is 6.95. The summed E-state index contributed by atoms with van der Waals surface area (Å²) >= 11 is 0. The van der Waals surface area contributed by atoms with E-state index in [2.05, 4.69) is 32.2 Å². The number of unbranched alkanes of at least 4 members (excludes halogenated alkanes) is 13. The van der Waals surface area contributed by atoms with Gasteiger partial charge in [-0.05, 0) is 43.2 Å². The van der Waals surface area contributed by atoms with Crippen LogP contribution < -0.4 is 14.2 Å². The van der Waals surface area contributed by atoms with Crippen LogP contribution in [-0.2, 0) is 18.4 Å². The first-order chi connectivity index (χ1) is 17.5. The number of aromatic nitrogens is 1. The number of carbonyl (C=O) groups excluding carboxylic acids is 1. The predicted molar refractivity (Wildman–Crippen MR) is 151 cm³/mol. The normalized spacial score (nSPS) is 11.0. The quantitative estimate of drug-likeness (QED) is 0.145. The van der Waals surface area contributed by atoms with Crippen molar-refractivity contribution in [2.24, 2.45) is 7.05 Å². The van der Waals surface area contributed by atoms with Crippen LogP contribution in [0.25, 0.3) is 0 Å². The van der Waals surface area contributed by atoms with Crippen molar-refractivity contribution in [3.05, 3.63) is 53.9 Å². The molecule has 200 valence electrons. The Balaban J connectivity index is 1.60. The van der Waals surface area contributed by atoms with Crippen LogP contribution in [0.3, 0.4) is 0 Å². The average molecular weight is 496 g/mol. The van der Waals surface area contributed by atoms with Gasteiger partial charge in [0.1, 0.15) is 12.8 Å². The van der Waals surface area contributed by atoms with Gasteiger partial charge in [0.25, 0.3) is 0 Å². The molecule has 0 aliphatic rings. The van der Waals surface area contributed by atoms with E-state index in [0.717, 1.165) is 35.6 Å². The molecule has 0 radical (unpaired) electrons. The molecule has 0 saturated heterocycles. The number of nitrogens with zero attached hydrogens (tertiary/aromatic N) is 2. The highest BCUT2D eigenvalue weighted by Gasteiger charge is 2.16. The van der Waals surface area contributed by atoms with Crippen molar-refractivity contribution in [1.82, 2.24) is 0 Å². The molecule has 0 fully saturated rings. The molecule has 1 aromatic heterocycles. The van der Waals surface area contributed by atoms with Crippen LogP contribution in [-0.4, -0.2) is 12.5 Å². The minimum Gasteiger partial charge on any atom is -0.494 e.